The maximum absolute atomic E-state index is 12.3. The van der Waals surface area contributed by atoms with Crippen LogP contribution in [0.5, 0.6) is 0 Å². The third-order valence-corrected chi connectivity index (χ3v) is 3.53. The molecule has 2 N–H and O–H groups in total. The van der Waals surface area contributed by atoms with E-state index in [1.54, 1.807) is 0 Å². The van der Waals surface area contributed by atoms with Crippen LogP contribution in [0, 0.1) is 0 Å². The number of hydrogen-bond donors (Lipinski definition) is 1. The molecule has 0 aromatic heterocycles. The summed E-state index contributed by atoms with van der Waals surface area (Å²) in [4.78, 5) is 14.2. The van der Waals surface area contributed by atoms with Crippen molar-refractivity contribution >= 4 is 5.91 Å². The molecular formula is C12H22N2O2. The molecule has 4 heteroatoms. The lowest BCUT2D eigenvalue weighted by Crippen LogP contribution is -2.64. The Morgan fingerprint density at radius 3 is 2.50 bits per heavy atom. The van der Waals surface area contributed by atoms with Crippen molar-refractivity contribution in [3.8, 4) is 0 Å². The first-order valence-electron chi connectivity index (χ1n) is 6.08. The minimum atomic E-state index is -0.576. The van der Waals surface area contributed by atoms with E-state index in [9.17, 15) is 4.79 Å². The van der Waals surface area contributed by atoms with Crippen molar-refractivity contribution < 1.29 is 9.53 Å². The molecule has 2 rings (SSSR count). The van der Waals surface area contributed by atoms with Crippen LogP contribution >= 0.6 is 0 Å². The predicted octanol–water partition coefficient (Wildman–Crippen LogP) is 0.894. The zero-order valence-electron chi connectivity index (χ0n) is 10.5. The fourth-order valence-corrected chi connectivity index (χ4v) is 2.69. The quantitative estimate of drug-likeness (QED) is 0.722. The SMILES string of the molecule is CC1CN(C(=O)C2(N)CCC2)CC(C)(C)O1. The Hall–Kier alpha value is -0.610. The summed E-state index contributed by atoms with van der Waals surface area (Å²) in [5.41, 5.74) is 5.25. The molecule has 0 aromatic rings. The van der Waals surface area contributed by atoms with Crippen molar-refractivity contribution in [2.24, 2.45) is 5.73 Å². The van der Waals surface area contributed by atoms with E-state index in [4.69, 9.17) is 10.5 Å². The summed E-state index contributed by atoms with van der Waals surface area (Å²) >= 11 is 0. The molecule has 0 bridgehead atoms. The lowest BCUT2D eigenvalue weighted by atomic mass is 9.76. The summed E-state index contributed by atoms with van der Waals surface area (Å²) < 4.78 is 5.78. The van der Waals surface area contributed by atoms with E-state index < -0.39 is 5.54 Å². The van der Waals surface area contributed by atoms with Gasteiger partial charge in [0.1, 0.15) is 0 Å². The maximum atomic E-state index is 12.3. The average Bonchev–Trinajstić information content (AvgIpc) is 2.09. The first kappa shape index (κ1) is 11.9. The second-order valence-corrected chi connectivity index (χ2v) is 5.88. The lowest BCUT2D eigenvalue weighted by Gasteiger charge is -2.47. The minimum absolute atomic E-state index is 0.0939. The van der Waals surface area contributed by atoms with Crippen molar-refractivity contribution in [1.29, 1.82) is 0 Å². The van der Waals surface area contributed by atoms with Gasteiger partial charge >= 0.3 is 0 Å². The number of ether oxygens (including phenoxy) is 1. The molecule has 0 radical (unpaired) electrons. The van der Waals surface area contributed by atoms with Gasteiger partial charge in [-0.3, -0.25) is 4.79 Å². The van der Waals surface area contributed by atoms with E-state index in [-0.39, 0.29) is 17.6 Å². The Morgan fingerprint density at radius 2 is 2.06 bits per heavy atom. The van der Waals surface area contributed by atoms with E-state index in [0.29, 0.717) is 13.1 Å². The van der Waals surface area contributed by atoms with Gasteiger partial charge in [0.15, 0.2) is 0 Å². The Labute approximate surface area is 97.1 Å². The molecular weight excluding hydrogens is 204 g/mol. The monoisotopic (exact) mass is 226 g/mol. The van der Waals surface area contributed by atoms with Crippen LogP contribution in [0.1, 0.15) is 40.0 Å². The van der Waals surface area contributed by atoms with Crippen LogP contribution in [0.2, 0.25) is 0 Å². The van der Waals surface area contributed by atoms with E-state index in [1.165, 1.54) is 0 Å². The number of amides is 1. The van der Waals surface area contributed by atoms with Crippen molar-refractivity contribution in [1.82, 2.24) is 4.90 Å². The molecule has 1 aliphatic heterocycles. The van der Waals surface area contributed by atoms with Gasteiger partial charge in [0.25, 0.3) is 0 Å². The maximum Gasteiger partial charge on any atom is 0.242 e. The highest BCUT2D eigenvalue weighted by Crippen LogP contribution is 2.32. The Bertz CT molecular complexity index is 297. The summed E-state index contributed by atoms with van der Waals surface area (Å²) in [6, 6.07) is 0. The normalized spacial score (nSPS) is 32.0. The molecule has 1 saturated carbocycles. The first-order valence-corrected chi connectivity index (χ1v) is 6.08. The molecule has 1 aliphatic carbocycles. The van der Waals surface area contributed by atoms with Crippen LogP contribution in [0.15, 0.2) is 0 Å². The van der Waals surface area contributed by atoms with Crippen LogP contribution in [-0.4, -0.2) is 41.1 Å². The zero-order chi connectivity index (χ0) is 12.0. The fourth-order valence-electron chi connectivity index (χ4n) is 2.69. The van der Waals surface area contributed by atoms with Crippen LogP contribution in [0.4, 0.5) is 0 Å². The van der Waals surface area contributed by atoms with E-state index in [2.05, 4.69) is 0 Å². The number of carbonyl (C=O) groups is 1. The third kappa shape index (κ3) is 2.09. The van der Waals surface area contributed by atoms with Crippen molar-refractivity contribution in [3.05, 3.63) is 0 Å². The largest absolute Gasteiger partial charge is 0.369 e. The Morgan fingerprint density at radius 1 is 1.44 bits per heavy atom. The number of nitrogens with zero attached hydrogens (tertiary/aromatic N) is 1. The average molecular weight is 226 g/mol. The summed E-state index contributed by atoms with van der Waals surface area (Å²) in [5.74, 6) is 0.113. The number of nitrogens with two attached hydrogens (primary N) is 1. The summed E-state index contributed by atoms with van der Waals surface area (Å²) in [6.07, 6.45) is 2.83. The highest BCUT2D eigenvalue weighted by atomic mass is 16.5. The Kier molecular flexibility index (Phi) is 2.75. The van der Waals surface area contributed by atoms with E-state index in [1.807, 2.05) is 25.7 Å². The molecule has 1 saturated heterocycles. The topological polar surface area (TPSA) is 55.6 Å². The summed E-state index contributed by atoms with van der Waals surface area (Å²) in [7, 11) is 0. The number of carbonyl (C=O) groups excluding carboxylic acids is 1. The molecule has 1 heterocycles. The molecule has 0 aromatic carbocycles. The van der Waals surface area contributed by atoms with Gasteiger partial charge in [0.2, 0.25) is 5.91 Å². The molecule has 2 aliphatic rings. The van der Waals surface area contributed by atoms with Crippen LogP contribution < -0.4 is 5.73 Å². The molecule has 2 fully saturated rings. The molecule has 92 valence electrons. The van der Waals surface area contributed by atoms with Crippen molar-refractivity contribution in [2.45, 2.75) is 57.3 Å². The van der Waals surface area contributed by atoms with Gasteiger partial charge in [-0.05, 0) is 40.0 Å². The van der Waals surface area contributed by atoms with Crippen molar-refractivity contribution in [2.75, 3.05) is 13.1 Å². The third-order valence-electron chi connectivity index (χ3n) is 3.53. The molecule has 1 amide bonds. The fraction of sp³-hybridized carbons (Fsp3) is 0.917. The second-order valence-electron chi connectivity index (χ2n) is 5.88. The first-order chi connectivity index (χ1) is 7.32. The van der Waals surface area contributed by atoms with Gasteiger partial charge in [0, 0.05) is 13.1 Å². The number of rotatable bonds is 1. The second kappa shape index (κ2) is 3.70. The van der Waals surface area contributed by atoms with Crippen molar-refractivity contribution in [3.63, 3.8) is 0 Å². The minimum Gasteiger partial charge on any atom is -0.369 e. The van der Waals surface area contributed by atoms with Gasteiger partial charge in [-0.15, -0.1) is 0 Å². The highest BCUT2D eigenvalue weighted by Gasteiger charge is 2.45. The van der Waals surface area contributed by atoms with Crippen LogP contribution in [-0.2, 0) is 9.53 Å². The van der Waals surface area contributed by atoms with Gasteiger partial charge in [-0.1, -0.05) is 0 Å². The molecule has 1 atom stereocenters. The highest BCUT2D eigenvalue weighted by molar-refractivity contribution is 5.87. The Balaban J connectivity index is 2.06. The van der Waals surface area contributed by atoms with Gasteiger partial charge in [-0.25, -0.2) is 0 Å². The van der Waals surface area contributed by atoms with Gasteiger partial charge in [0.05, 0.1) is 17.2 Å². The molecule has 16 heavy (non-hydrogen) atoms. The molecule has 0 spiro atoms. The van der Waals surface area contributed by atoms with Crippen LogP contribution in [0.25, 0.3) is 0 Å². The summed E-state index contributed by atoms with van der Waals surface area (Å²) in [5, 5.41) is 0. The summed E-state index contributed by atoms with van der Waals surface area (Å²) in [6.45, 7) is 7.36. The molecule has 1 unspecified atom stereocenters. The smallest absolute Gasteiger partial charge is 0.242 e. The van der Waals surface area contributed by atoms with Gasteiger partial charge < -0.3 is 15.4 Å². The standard InChI is InChI=1S/C12H22N2O2/c1-9-7-14(8-11(2,3)16-9)10(15)12(13)5-4-6-12/h9H,4-8,13H2,1-3H3. The number of hydrogen-bond acceptors (Lipinski definition) is 3. The van der Waals surface area contributed by atoms with Crippen LogP contribution in [0.3, 0.4) is 0 Å². The predicted molar refractivity (Wildman–Crippen MR) is 62.0 cm³/mol. The zero-order valence-corrected chi connectivity index (χ0v) is 10.5. The van der Waals surface area contributed by atoms with E-state index in [0.717, 1.165) is 19.3 Å². The van der Waals surface area contributed by atoms with E-state index >= 15 is 0 Å². The lowest BCUT2D eigenvalue weighted by molar-refractivity contribution is -0.165. The number of morpholine rings is 1. The molecule has 4 nitrogen and oxygen atoms in total. The van der Waals surface area contributed by atoms with Gasteiger partial charge in [-0.2, -0.15) is 0 Å².